The van der Waals surface area contributed by atoms with Gasteiger partial charge in [-0.2, -0.15) is 5.10 Å². The highest BCUT2D eigenvalue weighted by Gasteiger charge is 2.12. The van der Waals surface area contributed by atoms with E-state index in [0.29, 0.717) is 31.0 Å². The molecule has 0 aliphatic carbocycles. The summed E-state index contributed by atoms with van der Waals surface area (Å²) in [6, 6.07) is 9.43. The van der Waals surface area contributed by atoms with E-state index in [1.165, 1.54) is 4.68 Å². The first-order valence-electron chi connectivity index (χ1n) is 7.09. The first-order valence-corrected chi connectivity index (χ1v) is 7.09. The van der Waals surface area contributed by atoms with Crippen molar-refractivity contribution in [3.8, 4) is 17.0 Å². The molecule has 0 unspecified atom stereocenters. The molecule has 1 heterocycles. The summed E-state index contributed by atoms with van der Waals surface area (Å²) < 4.78 is 11.9. The zero-order chi connectivity index (χ0) is 15.9. The maximum Gasteiger partial charge on any atom is 0.271 e. The largest absolute Gasteiger partial charge is 0.496 e. The van der Waals surface area contributed by atoms with E-state index in [-0.39, 0.29) is 5.56 Å². The van der Waals surface area contributed by atoms with Gasteiger partial charge in [-0.1, -0.05) is 12.1 Å². The second-order valence-corrected chi connectivity index (χ2v) is 4.81. The molecule has 0 saturated heterocycles. The molecular weight excluding hydrogens is 282 g/mol. The molecule has 2 rings (SSSR count). The second kappa shape index (κ2) is 7.72. The lowest BCUT2D eigenvalue weighted by molar-refractivity contribution is 0.182. The molecule has 118 valence electrons. The number of para-hydroxylation sites is 1. The van der Waals surface area contributed by atoms with E-state index in [4.69, 9.17) is 9.47 Å². The average Bonchev–Trinajstić information content (AvgIpc) is 2.55. The van der Waals surface area contributed by atoms with Crippen molar-refractivity contribution in [2.45, 2.75) is 13.1 Å². The SMILES string of the molecule is CNCc1cc(-c2ccccc2OC)nn(CCOC)c1=O. The molecule has 1 N–H and O–H groups in total. The van der Waals surface area contributed by atoms with Crippen LogP contribution in [-0.4, -0.2) is 37.7 Å². The number of ether oxygens (including phenoxy) is 2. The van der Waals surface area contributed by atoms with Gasteiger partial charge in [0.25, 0.3) is 5.56 Å². The normalized spacial score (nSPS) is 10.7. The second-order valence-electron chi connectivity index (χ2n) is 4.81. The van der Waals surface area contributed by atoms with E-state index in [0.717, 1.165) is 11.3 Å². The first kappa shape index (κ1) is 16.2. The fourth-order valence-electron chi connectivity index (χ4n) is 2.23. The van der Waals surface area contributed by atoms with Gasteiger partial charge in [0.1, 0.15) is 5.75 Å². The van der Waals surface area contributed by atoms with Gasteiger partial charge in [-0.3, -0.25) is 4.79 Å². The number of rotatable bonds is 7. The lowest BCUT2D eigenvalue weighted by atomic mass is 10.1. The van der Waals surface area contributed by atoms with Crippen LogP contribution in [0.15, 0.2) is 35.1 Å². The highest BCUT2D eigenvalue weighted by atomic mass is 16.5. The molecule has 0 aliphatic rings. The zero-order valence-electron chi connectivity index (χ0n) is 13.1. The molecule has 0 amide bonds. The van der Waals surface area contributed by atoms with E-state index < -0.39 is 0 Å². The summed E-state index contributed by atoms with van der Waals surface area (Å²) in [4.78, 5) is 12.4. The van der Waals surface area contributed by atoms with Crippen LogP contribution in [0.5, 0.6) is 5.75 Å². The van der Waals surface area contributed by atoms with Crippen LogP contribution in [0.1, 0.15) is 5.56 Å². The number of hydrogen-bond acceptors (Lipinski definition) is 5. The van der Waals surface area contributed by atoms with Crippen molar-refractivity contribution in [3.63, 3.8) is 0 Å². The molecule has 0 fully saturated rings. The van der Waals surface area contributed by atoms with Crippen LogP contribution in [0, 0.1) is 0 Å². The zero-order valence-corrected chi connectivity index (χ0v) is 13.1. The number of aromatic nitrogens is 2. The van der Waals surface area contributed by atoms with Crippen LogP contribution < -0.4 is 15.6 Å². The van der Waals surface area contributed by atoms with Crippen LogP contribution in [0.3, 0.4) is 0 Å². The molecule has 0 aliphatic heterocycles. The Balaban J connectivity index is 2.55. The van der Waals surface area contributed by atoms with Crippen molar-refractivity contribution in [1.29, 1.82) is 0 Å². The smallest absolute Gasteiger partial charge is 0.271 e. The van der Waals surface area contributed by atoms with Crippen LogP contribution >= 0.6 is 0 Å². The molecular formula is C16H21N3O3. The maximum atomic E-state index is 12.4. The van der Waals surface area contributed by atoms with E-state index in [1.54, 1.807) is 20.3 Å². The Kier molecular flexibility index (Phi) is 5.68. The molecule has 2 aromatic rings. The summed E-state index contributed by atoms with van der Waals surface area (Å²) in [7, 11) is 5.03. The fraction of sp³-hybridized carbons (Fsp3) is 0.375. The standard InChI is InChI=1S/C16H21N3O3/c1-17-11-12-10-14(13-6-4-5-7-15(13)22-3)18-19(16(12)20)8-9-21-2/h4-7,10,17H,8-9,11H2,1-3H3. The van der Waals surface area contributed by atoms with Gasteiger partial charge in [0, 0.05) is 24.8 Å². The van der Waals surface area contributed by atoms with Gasteiger partial charge in [-0.25, -0.2) is 4.68 Å². The molecule has 0 bridgehead atoms. The molecule has 6 nitrogen and oxygen atoms in total. The van der Waals surface area contributed by atoms with Gasteiger partial charge >= 0.3 is 0 Å². The van der Waals surface area contributed by atoms with E-state index in [1.807, 2.05) is 31.3 Å². The molecule has 0 radical (unpaired) electrons. The molecule has 6 heteroatoms. The highest BCUT2D eigenvalue weighted by Crippen LogP contribution is 2.27. The van der Waals surface area contributed by atoms with Crippen molar-refractivity contribution < 1.29 is 9.47 Å². The minimum Gasteiger partial charge on any atom is -0.496 e. The number of nitrogens with zero attached hydrogens (tertiary/aromatic N) is 2. The topological polar surface area (TPSA) is 65.4 Å². The van der Waals surface area contributed by atoms with E-state index in [9.17, 15) is 4.79 Å². The predicted octanol–water partition coefficient (Wildman–Crippen LogP) is 1.28. The third-order valence-electron chi connectivity index (χ3n) is 3.31. The van der Waals surface area contributed by atoms with Crippen LogP contribution in [0.4, 0.5) is 0 Å². The Morgan fingerprint density at radius 2 is 2.05 bits per heavy atom. The first-order chi connectivity index (χ1) is 10.7. The fourth-order valence-corrected chi connectivity index (χ4v) is 2.23. The van der Waals surface area contributed by atoms with E-state index in [2.05, 4.69) is 10.4 Å². The monoisotopic (exact) mass is 303 g/mol. The van der Waals surface area contributed by atoms with Crippen molar-refractivity contribution in [2.75, 3.05) is 27.9 Å². The van der Waals surface area contributed by atoms with Gasteiger partial charge in [0.2, 0.25) is 0 Å². The summed E-state index contributed by atoms with van der Waals surface area (Å²) >= 11 is 0. The van der Waals surface area contributed by atoms with Gasteiger partial charge in [0.05, 0.1) is 26.0 Å². The van der Waals surface area contributed by atoms with Crippen molar-refractivity contribution >= 4 is 0 Å². The van der Waals surface area contributed by atoms with Crippen LogP contribution in [0.2, 0.25) is 0 Å². The average molecular weight is 303 g/mol. The molecule has 0 atom stereocenters. The molecule has 22 heavy (non-hydrogen) atoms. The Morgan fingerprint density at radius 1 is 1.27 bits per heavy atom. The number of methoxy groups -OCH3 is 2. The van der Waals surface area contributed by atoms with E-state index >= 15 is 0 Å². The van der Waals surface area contributed by atoms with Crippen molar-refractivity contribution in [2.24, 2.45) is 0 Å². The van der Waals surface area contributed by atoms with Gasteiger partial charge in [0.15, 0.2) is 0 Å². The molecule has 0 saturated carbocycles. The van der Waals surface area contributed by atoms with Gasteiger partial charge < -0.3 is 14.8 Å². The number of nitrogens with one attached hydrogen (secondary N) is 1. The lowest BCUT2D eigenvalue weighted by Gasteiger charge is -2.12. The Bertz CT molecular complexity index is 683. The molecule has 0 spiro atoms. The minimum absolute atomic E-state index is 0.106. The van der Waals surface area contributed by atoms with Gasteiger partial charge in [-0.15, -0.1) is 0 Å². The number of hydrogen-bond donors (Lipinski definition) is 1. The lowest BCUT2D eigenvalue weighted by Crippen LogP contribution is -2.30. The Hall–Kier alpha value is -2.18. The van der Waals surface area contributed by atoms with Crippen molar-refractivity contribution in [3.05, 3.63) is 46.2 Å². The quantitative estimate of drug-likeness (QED) is 0.835. The van der Waals surface area contributed by atoms with Crippen LogP contribution in [0.25, 0.3) is 11.3 Å². The third kappa shape index (κ3) is 3.52. The Labute approximate surface area is 129 Å². The third-order valence-corrected chi connectivity index (χ3v) is 3.31. The predicted molar refractivity (Wildman–Crippen MR) is 85.1 cm³/mol. The summed E-state index contributed by atoms with van der Waals surface area (Å²) in [5, 5.41) is 7.46. The van der Waals surface area contributed by atoms with Gasteiger partial charge in [-0.05, 0) is 25.2 Å². The summed E-state index contributed by atoms with van der Waals surface area (Å²) in [5.41, 5.74) is 2.12. The summed E-state index contributed by atoms with van der Waals surface area (Å²) in [6.07, 6.45) is 0. The van der Waals surface area contributed by atoms with Crippen molar-refractivity contribution in [1.82, 2.24) is 15.1 Å². The number of benzene rings is 1. The Morgan fingerprint density at radius 3 is 2.73 bits per heavy atom. The summed E-state index contributed by atoms with van der Waals surface area (Å²) in [5.74, 6) is 0.724. The van der Waals surface area contributed by atoms with Crippen LogP contribution in [-0.2, 0) is 17.8 Å². The molecule has 1 aromatic heterocycles. The minimum atomic E-state index is -0.106. The highest BCUT2D eigenvalue weighted by molar-refractivity contribution is 5.67. The maximum absolute atomic E-state index is 12.4. The molecule has 1 aromatic carbocycles. The summed E-state index contributed by atoms with van der Waals surface area (Å²) in [6.45, 7) is 1.33.